The van der Waals surface area contributed by atoms with Crippen LogP contribution in [-0.4, -0.2) is 0 Å². The molecule has 0 heterocycles. The van der Waals surface area contributed by atoms with E-state index in [4.69, 9.17) is 0 Å². The third-order valence-electron chi connectivity index (χ3n) is 0. The van der Waals surface area contributed by atoms with E-state index in [1.807, 2.05) is 0 Å². The average Bonchev–Trinajstić information content (AvgIpc) is 0. The van der Waals surface area contributed by atoms with Crippen molar-refractivity contribution >= 4 is 0 Å². The Morgan fingerprint density at radius 1 is 0.800 bits per heavy atom. The van der Waals surface area contributed by atoms with Crippen molar-refractivity contribution in [1.29, 1.82) is 0 Å². The molecule has 0 aromatic heterocycles. The van der Waals surface area contributed by atoms with Gasteiger partial charge in [0.2, 0.25) is 0 Å². The summed E-state index contributed by atoms with van der Waals surface area (Å²) in [6, 6.07) is 0. The Morgan fingerprint density at radius 3 is 0.800 bits per heavy atom. The van der Waals surface area contributed by atoms with Gasteiger partial charge in [0.25, 0.3) is 0 Å². The molecular weight excluding hydrogens is 318 g/mol. The molecule has 0 aliphatic carbocycles. The van der Waals surface area contributed by atoms with Crippen molar-refractivity contribution in [2.45, 2.75) is 0 Å². The SMILES string of the molecule is [F-].[Hf+4].[O-2].[O-2].[Y+3]. The maximum Gasteiger partial charge on any atom is 4.00 e. The van der Waals surface area contributed by atoms with Gasteiger partial charge in [0.15, 0.2) is 0 Å². The van der Waals surface area contributed by atoms with Gasteiger partial charge in [-0.25, -0.2) is 0 Å². The van der Waals surface area contributed by atoms with Crippen molar-refractivity contribution in [2.75, 3.05) is 0 Å². The van der Waals surface area contributed by atoms with Gasteiger partial charge >= 0.3 is 58.6 Å². The molecule has 0 radical (unpaired) electrons. The zero-order valence-electron chi connectivity index (χ0n) is 2.27. The van der Waals surface area contributed by atoms with Gasteiger partial charge in [0.05, 0.1) is 0 Å². The Labute approximate surface area is 73.4 Å². The summed E-state index contributed by atoms with van der Waals surface area (Å²) in [4.78, 5) is 0. The van der Waals surface area contributed by atoms with Crippen LogP contribution in [0.25, 0.3) is 0 Å². The summed E-state index contributed by atoms with van der Waals surface area (Å²) in [6.45, 7) is 0. The minimum Gasteiger partial charge on any atom is -2.00 e. The van der Waals surface area contributed by atoms with Gasteiger partial charge in [-0.3, -0.25) is 0 Å². The van der Waals surface area contributed by atoms with Crippen molar-refractivity contribution in [3.8, 4) is 0 Å². The fourth-order valence-corrected chi connectivity index (χ4v) is 0. The molecule has 5 heteroatoms. The normalized spacial score (nSPS) is 0. The maximum absolute atomic E-state index is 0. The molecule has 0 bridgehead atoms. The van der Waals surface area contributed by atoms with E-state index in [9.17, 15) is 0 Å². The van der Waals surface area contributed by atoms with E-state index in [0.29, 0.717) is 0 Å². The zero-order chi connectivity index (χ0) is 0. The fraction of sp³-hybridized carbons (Fsp3) is 0. The molecule has 0 saturated heterocycles. The first-order valence-electron chi connectivity index (χ1n) is 0. The molecular formula is FHfO2Y+2. The third-order valence-corrected chi connectivity index (χ3v) is 0. The summed E-state index contributed by atoms with van der Waals surface area (Å²) < 4.78 is 0. The molecule has 0 aliphatic heterocycles. The van der Waals surface area contributed by atoms with Gasteiger partial charge in [-0.05, 0) is 0 Å². The van der Waals surface area contributed by atoms with Crippen LogP contribution in [-0.2, 0) is 69.5 Å². The summed E-state index contributed by atoms with van der Waals surface area (Å²) in [5.41, 5.74) is 0. The van der Waals surface area contributed by atoms with E-state index in [1.54, 1.807) is 0 Å². The molecule has 0 aromatic rings. The second-order valence-electron chi connectivity index (χ2n) is 0. The van der Waals surface area contributed by atoms with Crippen LogP contribution in [0.5, 0.6) is 0 Å². The van der Waals surface area contributed by atoms with Crippen LogP contribution in [0, 0.1) is 0 Å². The number of hydrogen-bond acceptors (Lipinski definition) is 0. The minimum absolute atomic E-state index is 0. The fourth-order valence-electron chi connectivity index (χ4n) is 0. The topological polar surface area (TPSA) is 57.0 Å². The Bertz CT molecular complexity index is 9.61. The Morgan fingerprint density at radius 2 is 0.800 bits per heavy atom. The summed E-state index contributed by atoms with van der Waals surface area (Å²) >= 11 is 0. The van der Waals surface area contributed by atoms with Gasteiger partial charge < -0.3 is 15.7 Å². The summed E-state index contributed by atoms with van der Waals surface area (Å²) in [5, 5.41) is 0. The van der Waals surface area contributed by atoms with Crippen LogP contribution in [0.1, 0.15) is 0 Å². The average molecular weight is 318 g/mol. The molecule has 0 fully saturated rings. The molecule has 5 heavy (non-hydrogen) atoms. The monoisotopic (exact) mass is 320 g/mol. The van der Waals surface area contributed by atoms with E-state index in [1.165, 1.54) is 0 Å². The van der Waals surface area contributed by atoms with E-state index >= 15 is 0 Å². The molecule has 0 rings (SSSR count). The van der Waals surface area contributed by atoms with Crippen LogP contribution in [0.3, 0.4) is 0 Å². The van der Waals surface area contributed by atoms with Crippen LogP contribution in [0.15, 0.2) is 0 Å². The molecule has 0 unspecified atom stereocenters. The molecule has 2 nitrogen and oxygen atoms in total. The van der Waals surface area contributed by atoms with Crippen LogP contribution >= 0.6 is 0 Å². The summed E-state index contributed by atoms with van der Waals surface area (Å²) in [5.74, 6) is 0. The minimum atomic E-state index is 0. The summed E-state index contributed by atoms with van der Waals surface area (Å²) in [7, 11) is 0. The molecule has 0 saturated carbocycles. The Balaban J connectivity index is 0. The molecule has 0 atom stereocenters. The van der Waals surface area contributed by atoms with E-state index in [2.05, 4.69) is 0 Å². The predicted octanol–water partition coefficient (Wildman–Crippen LogP) is -3.24. The van der Waals surface area contributed by atoms with Crippen molar-refractivity contribution < 1.29 is 74.2 Å². The molecule has 0 spiro atoms. The second kappa shape index (κ2) is 40.7. The van der Waals surface area contributed by atoms with Gasteiger partial charge in [0, 0.05) is 0 Å². The van der Waals surface area contributed by atoms with E-state index in [-0.39, 0.29) is 74.2 Å². The quantitative estimate of drug-likeness (QED) is 0.422. The predicted molar refractivity (Wildman–Crippen MR) is 1.37 cm³/mol. The molecule has 0 amide bonds. The van der Waals surface area contributed by atoms with Crippen molar-refractivity contribution in [3.63, 3.8) is 0 Å². The Hall–Kier alpha value is 1.82. The van der Waals surface area contributed by atoms with Gasteiger partial charge in [-0.15, -0.1) is 0 Å². The third kappa shape index (κ3) is 25.6. The first-order valence-corrected chi connectivity index (χ1v) is 0. The van der Waals surface area contributed by atoms with Crippen molar-refractivity contribution in [3.05, 3.63) is 0 Å². The van der Waals surface area contributed by atoms with Crippen LogP contribution in [0.4, 0.5) is 0 Å². The smallest absolute Gasteiger partial charge is 2.00 e. The Kier molecular flexibility index (Phi) is 567. The van der Waals surface area contributed by atoms with Gasteiger partial charge in [0.1, 0.15) is 0 Å². The van der Waals surface area contributed by atoms with Crippen LogP contribution < -0.4 is 4.70 Å². The number of rotatable bonds is 0. The van der Waals surface area contributed by atoms with E-state index in [0.717, 1.165) is 0 Å². The molecule has 0 aromatic carbocycles. The van der Waals surface area contributed by atoms with Gasteiger partial charge in [-0.1, -0.05) is 0 Å². The maximum atomic E-state index is 0. The van der Waals surface area contributed by atoms with E-state index < -0.39 is 0 Å². The number of hydrogen-bond donors (Lipinski definition) is 0. The largest absolute Gasteiger partial charge is 4.00 e. The van der Waals surface area contributed by atoms with Crippen molar-refractivity contribution in [1.82, 2.24) is 0 Å². The molecule has 0 aliphatic rings. The number of halogens is 1. The standard InChI is InChI=1S/FH.Hf.2O.Y/h1H;;;;/q;+4;2*-2;+3/p-1. The second-order valence-corrected chi connectivity index (χ2v) is 0. The van der Waals surface area contributed by atoms with Crippen molar-refractivity contribution in [2.24, 2.45) is 0 Å². The zero-order valence-corrected chi connectivity index (χ0v) is 8.70. The van der Waals surface area contributed by atoms with Crippen LogP contribution in [0.2, 0.25) is 0 Å². The first kappa shape index (κ1) is 69.6. The molecule has 24 valence electrons. The van der Waals surface area contributed by atoms with Gasteiger partial charge in [-0.2, -0.15) is 0 Å². The summed E-state index contributed by atoms with van der Waals surface area (Å²) in [6.07, 6.45) is 0. The molecule has 0 N–H and O–H groups in total. The first-order chi connectivity index (χ1) is 0.